The lowest BCUT2D eigenvalue weighted by atomic mass is 10.2. The quantitative estimate of drug-likeness (QED) is 0.772. The van der Waals surface area contributed by atoms with Crippen LogP contribution in [0.4, 0.5) is 11.6 Å². The van der Waals surface area contributed by atoms with Gasteiger partial charge in [0.15, 0.2) is 0 Å². The molecule has 3 aromatic rings. The van der Waals surface area contributed by atoms with Crippen LogP contribution in [0, 0.1) is 0 Å². The minimum atomic E-state index is -0.221. The van der Waals surface area contributed by atoms with Crippen molar-refractivity contribution in [3.05, 3.63) is 60.7 Å². The number of carbonyl (C=O) groups is 1. The fourth-order valence-electron chi connectivity index (χ4n) is 2.73. The summed E-state index contributed by atoms with van der Waals surface area (Å²) in [6.45, 7) is 2.89. The number of nitrogens with one attached hydrogen (secondary N) is 1. The van der Waals surface area contributed by atoms with Crippen molar-refractivity contribution < 1.29 is 9.53 Å². The molecule has 1 aliphatic heterocycles. The summed E-state index contributed by atoms with van der Waals surface area (Å²) in [6.07, 6.45) is 6.76. The molecule has 1 fully saturated rings. The van der Waals surface area contributed by atoms with E-state index in [-0.39, 0.29) is 5.91 Å². The van der Waals surface area contributed by atoms with Crippen LogP contribution in [0.2, 0.25) is 0 Å². The topological polar surface area (TPSA) is 85.2 Å². The van der Waals surface area contributed by atoms with E-state index >= 15 is 0 Å². The summed E-state index contributed by atoms with van der Waals surface area (Å²) >= 11 is 0. The van der Waals surface area contributed by atoms with E-state index in [1.54, 1.807) is 35.4 Å². The van der Waals surface area contributed by atoms with Crippen molar-refractivity contribution in [2.24, 2.45) is 0 Å². The minimum Gasteiger partial charge on any atom is -0.378 e. The molecule has 1 saturated heterocycles. The minimum absolute atomic E-state index is 0.221. The van der Waals surface area contributed by atoms with Crippen LogP contribution in [0.3, 0.4) is 0 Å². The van der Waals surface area contributed by atoms with Crippen molar-refractivity contribution in [1.82, 2.24) is 19.7 Å². The maximum absolute atomic E-state index is 12.5. The monoisotopic (exact) mass is 350 g/mol. The van der Waals surface area contributed by atoms with Crippen molar-refractivity contribution in [3.63, 3.8) is 0 Å². The van der Waals surface area contributed by atoms with Crippen molar-refractivity contribution in [3.8, 4) is 5.69 Å². The lowest BCUT2D eigenvalue weighted by Crippen LogP contribution is -2.37. The van der Waals surface area contributed by atoms with Gasteiger partial charge in [0.25, 0.3) is 5.91 Å². The number of amides is 1. The molecule has 1 N–H and O–H groups in total. The maximum atomic E-state index is 12.5. The second-order valence-electron chi connectivity index (χ2n) is 5.83. The van der Waals surface area contributed by atoms with Gasteiger partial charge < -0.3 is 15.0 Å². The van der Waals surface area contributed by atoms with Crippen LogP contribution in [0.25, 0.3) is 5.69 Å². The number of hydrogen-bond acceptors (Lipinski definition) is 6. The number of nitrogens with zero attached hydrogens (tertiary/aromatic N) is 5. The average Bonchev–Trinajstić information content (AvgIpc) is 3.24. The number of carbonyl (C=O) groups excluding carboxylic acids is 1. The van der Waals surface area contributed by atoms with Gasteiger partial charge in [-0.15, -0.1) is 0 Å². The predicted molar refractivity (Wildman–Crippen MR) is 96.6 cm³/mol. The van der Waals surface area contributed by atoms with Gasteiger partial charge in [0.05, 0.1) is 37.0 Å². The Hall–Kier alpha value is -3.26. The summed E-state index contributed by atoms with van der Waals surface area (Å²) in [4.78, 5) is 23.2. The molecule has 0 saturated carbocycles. The van der Waals surface area contributed by atoms with Gasteiger partial charge in [0.2, 0.25) is 5.95 Å². The van der Waals surface area contributed by atoms with Crippen LogP contribution in [0.5, 0.6) is 0 Å². The molecule has 2 aromatic heterocycles. The van der Waals surface area contributed by atoms with E-state index in [1.165, 1.54) is 0 Å². The first kappa shape index (κ1) is 16.2. The summed E-state index contributed by atoms with van der Waals surface area (Å²) < 4.78 is 7.03. The van der Waals surface area contributed by atoms with Crippen LogP contribution in [-0.2, 0) is 4.74 Å². The van der Waals surface area contributed by atoms with E-state index in [0.717, 1.165) is 18.8 Å². The first-order valence-corrected chi connectivity index (χ1v) is 8.36. The number of hydrogen-bond donors (Lipinski definition) is 1. The lowest BCUT2D eigenvalue weighted by molar-refractivity contribution is 0.102. The third-order valence-electron chi connectivity index (χ3n) is 4.07. The molecule has 8 nitrogen and oxygen atoms in total. The number of rotatable bonds is 4. The van der Waals surface area contributed by atoms with Gasteiger partial charge in [-0.2, -0.15) is 5.10 Å². The highest BCUT2D eigenvalue weighted by Crippen LogP contribution is 2.14. The fraction of sp³-hybridized carbons (Fsp3) is 0.222. The molecule has 1 amide bonds. The van der Waals surface area contributed by atoms with E-state index in [1.807, 2.05) is 24.4 Å². The van der Waals surface area contributed by atoms with E-state index < -0.39 is 0 Å². The van der Waals surface area contributed by atoms with Crippen LogP contribution in [0.1, 0.15) is 10.4 Å². The number of benzene rings is 1. The van der Waals surface area contributed by atoms with Crippen molar-refractivity contribution in [2.75, 3.05) is 36.5 Å². The molecular weight excluding hydrogens is 332 g/mol. The highest BCUT2D eigenvalue weighted by molar-refractivity contribution is 6.04. The highest BCUT2D eigenvalue weighted by Gasteiger charge is 2.14. The number of anilines is 2. The number of aromatic nitrogens is 4. The van der Waals surface area contributed by atoms with E-state index in [4.69, 9.17) is 4.74 Å². The summed E-state index contributed by atoms with van der Waals surface area (Å²) in [7, 11) is 0. The highest BCUT2D eigenvalue weighted by atomic mass is 16.5. The fourth-order valence-corrected chi connectivity index (χ4v) is 2.73. The van der Waals surface area contributed by atoms with Gasteiger partial charge in [0.1, 0.15) is 0 Å². The van der Waals surface area contributed by atoms with Crippen LogP contribution < -0.4 is 10.2 Å². The van der Waals surface area contributed by atoms with Crippen molar-refractivity contribution in [2.45, 2.75) is 0 Å². The molecule has 4 rings (SSSR count). The zero-order chi connectivity index (χ0) is 17.8. The molecule has 132 valence electrons. The first-order valence-electron chi connectivity index (χ1n) is 8.36. The van der Waals surface area contributed by atoms with Gasteiger partial charge in [-0.05, 0) is 24.3 Å². The number of ether oxygens (including phenoxy) is 1. The molecule has 0 bridgehead atoms. The molecule has 0 radical (unpaired) electrons. The predicted octanol–water partition coefficient (Wildman–Crippen LogP) is 1.75. The Morgan fingerprint density at radius 1 is 1.12 bits per heavy atom. The number of morpholine rings is 1. The largest absolute Gasteiger partial charge is 0.378 e. The molecule has 1 aliphatic rings. The second kappa shape index (κ2) is 7.32. The van der Waals surface area contributed by atoms with Gasteiger partial charge in [0, 0.05) is 31.0 Å². The summed E-state index contributed by atoms with van der Waals surface area (Å²) in [5.74, 6) is 0.425. The molecule has 0 unspecified atom stereocenters. The van der Waals surface area contributed by atoms with Crippen molar-refractivity contribution >= 4 is 17.5 Å². The van der Waals surface area contributed by atoms with E-state index in [0.29, 0.717) is 30.4 Å². The Morgan fingerprint density at radius 3 is 2.65 bits per heavy atom. The first-order chi connectivity index (χ1) is 12.8. The van der Waals surface area contributed by atoms with Gasteiger partial charge in [-0.1, -0.05) is 6.07 Å². The normalized spacial score (nSPS) is 14.2. The summed E-state index contributed by atoms with van der Waals surface area (Å²) in [5, 5.41) is 7.00. The standard InChI is InChI=1S/C18H18N6O2/c25-17(14-3-1-4-16(11-14)24-6-2-5-21-24)22-15-12-19-18(20-13-15)23-7-9-26-10-8-23/h1-6,11-13H,7-10H2,(H,22,25). The summed E-state index contributed by atoms with van der Waals surface area (Å²) in [5.41, 5.74) is 1.91. The van der Waals surface area contributed by atoms with E-state index in [9.17, 15) is 4.79 Å². The molecule has 8 heteroatoms. The Labute approximate surface area is 150 Å². The molecule has 0 atom stereocenters. The molecule has 0 spiro atoms. The van der Waals surface area contributed by atoms with Crippen molar-refractivity contribution in [1.29, 1.82) is 0 Å². The van der Waals surface area contributed by atoms with Crippen LogP contribution >= 0.6 is 0 Å². The lowest BCUT2D eigenvalue weighted by Gasteiger charge is -2.26. The zero-order valence-electron chi connectivity index (χ0n) is 14.1. The Kier molecular flexibility index (Phi) is 4.57. The third-order valence-corrected chi connectivity index (χ3v) is 4.07. The van der Waals surface area contributed by atoms with E-state index in [2.05, 4.69) is 25.3 Å². The average molecular weight is 350 g/mol. The molecule has 3 heterocycles. The smallest absolute Gasteiger partial charge is 0.255 e. The molecule has 0 aliphatic carbocycles. The van der Waals surface area contributed by atoms with Gasteiger partial charge >= 0.3 is 0 Å². The third kappa shape index (κ3) is 3.55. The Morgan fingerprint density at radius 2 is 1.92 bits per heavy atom. The van der Waals surface area contributed by atoms with Gasteiger partial charge in [-0.25, -0.2) is 14.6 Å². The summed E-state index contributed by atoms with van der Waals surface area (Å²) in [6, 6.07) is 9.09. The SMILES string of the molecule is O=C(Nc1cnc(N2CCOCC2)nc1)c1cccc(-n2cccn2)c1. The molecular formula is C18H18N6O2. The second-order valence-corrected chi connectivity index (χ2v) is 5.83. The van der Waals surface area contributed by atoms with Crippen LogP contribution in [-0.4, -0.2) is 52.0 Å². The zero-order valence-corrected chi connectivity index (χ0v) is 14.1. The van der Waals surface area contributed by atoms with Crippen LogP contribution in [0.15, 0.2) is 55.1 Å². The van der Waals surface area contributed by atoms with Gasteiger partial charge in [-0.3, -0.25) is 4.79 Å². The Bertz CT molecular complexity index is 873. The maximum Gasteiger partial charge on any atom is 0.255 e. The molecule has 26 heavy (non-hydrogen) atoms. The Balaban J connectivity index is 1.45. The molecule has 1 aromatic carbocycles.